The van der Waals surface area contributed by atoms with Crippen LogP contribution in [0.25, 0.3) is 11.0 Å². The van der Waals surface area contributed by atoms with Crippen molar-refractivity contribution in [1.29, 1.82) is 0 Å². The van der Waals surface area contributed by atoms with Crippen LogP contribution in [0.3, 0.4) is 0 Å². The molecule has 0 saturated carbocycles. The number of rotatable bonds is 5. The third kappa shape index (κ3) is 2.35. The molecular weight excluding hydrogens is 254 g/mol. The maximum Gasteiger partial charge on any atom is 0.326 e. The molecule has 1 atom stereocenters. The third-order valence-corrected chi connectivity index (χ3v) is 3.62. The first-order valence-corrected chi connectivity index (χ1v) is 6.95. The Balaban J connectivity index is 2.73. The lowest BCUT2D eigenvalue weighted by Crippen LogP contribution is -2.20. The van der Waals surface area contributed by atoms with Crippen LogP contribution in [0.1, 0.15) is 37.4 Å². The third-order valence-electron chi connectivity index (χ3n) is 3.62. The molecule has 2 N–H and O–H groups in total. The van der Waals surface area contributed by atoms with Crippen molar-refractivity contribution in [3.8, 4) is 0 Å². The predicted molar refractivity (Wildman–Crippen MR) is 80.3 cm³/mol. The number of anilines is 1. The standard InChI is InChI=1S/C15H21N3O2/c1-5-12(14(19)20)18-13-8-10(4)9(3)7-11(13)17-15(18)16-6-2/h7-8,12H,5-6H2,1-4H3,(H,16,17)(H,19,20). The van der Waals surface area contributed by atoms with Gasteiger partial charge in [0.05, 0.1) is 11.0 Å². The van der Waals surface area contributed by atoms with Crippen LogP contribution in [-0.4, -0.2) is 27.2 Å². The van der Waals surface area contributed by atoms with Crippen LogP contribution in [0.15, 0.2) is 12.1 Å². The zero-order valence-corrected chi connectivity index (χ0v) is 12.4. The second-order valence-electron chi connectivity index (χ2n) is 5.02. The Morgan fingerprint density at radius 2 is 2.00 bits per heavy atom. The fourth-order valence-electron chi connectivity index (χ4n) is 2.42. The predicted octanol–water partition coefficient (Wildman–Crippen LogP) is 3.12. The minimum atomic E-state index is -0.829. The summed E-state index contributed by atoms with van der Waals surface area (Å²) < 4.78 is 1.80. The highest BCUT2D eigenvalue weighted by Gasteiger charge is 2.23. The summed E-state index contributed by atoms with van der Waals surface area (Å²) in [6, 6.07) is 3.43. The van der Waals surface area contributed by atoms with Crippen molar-refractivity contribution in [3.05, 3.63) is 23.3 Å². The van der Waals surface area contributed by atoms with Crippen LogP contribution in [0, 0.1) is 13.8 Å². The van der Waals surface area contributed by atoms with E-state index in [9.17, 15) is 9.90 Å². The molecule has 0 saturated heterocycles. The van der Waals surface area contributed by atoms with Gasteiger partial charge in [0.15, 0.2) is 0 Å². The summed E-state index contributed by atoms with van der Waals surface area (Å²) in [4.78, 5) is 16.0. The number of fused-ring (bicyclic) bond motifs is 1. The summed E-state index contributed by atoms with van der Waals surface area (Å²) in [5, 5.41) is 12.6. The molecule has 0 amide bonds. The Bertz CT molecular complexity index is 646. The highest BCUT2D eigenvalue weighted by Crippen LogP contribution is 2.28. The number of carboxylic acids is 1. The normalized spacial score (nSPS) is 12.6. The van der Waals surface area contributed by atoms with E-state index in [1.807, 2.05) is 39.8 Å². The van der Waals surface area contributed by atoms with Crippen LogP contribution >= 0.6 is 0 Å². The van der Waals surface area contributed by atoms with Crippen molar-refractivity contribution in [2.24, 2.45) is 0 Å². The first kappa shape index (κ1) is 14.4. The van der Waals surface area contributed by atoms with Gasteiger partial charge in [-0.3, -0.25) is 4.57 Å². The fourth-order valence-corrected chi connectivity index (χ4v) is 2.42. The maximum absolute atomic E-state index is 11.5. The lowest BCUT2D eigenvalue weighted by molar-refractivity contribution is -0.140. The minimum Gasteiger partial charge on any atom is -0.480 e. The molecule has 1 aromatic heterocycles. The Hall–Kier alpha value is -2.04. The number of aryl methyl sites for hydroxylation is 2. The fraction of sp³-hybridized carbons (Fsp3) is 0.467. The van der Waals surface area contributed by atoms with Crippen LogP contribution in [0.2, 0.25) is 0 Å². The van der Waals surface area contributed by atoms with Crippen LogP contribution in [0.4, 0.5) is 5.95 Å². The molecule has 0 aliphatic rings. The van der Waals surface area contributed by atoms with E-state index in [2.05, 4.69) is 10.3 Å². The molecule has 5 heteroatoms. The highest BCUT2D eigenvalue weighted by atomic mass is 16.4. The van der Waals surface area contributed by atoms with Gasteiger partial charge in [-0.15, -0.1) is 0 Å². The molecule has 2 rings (SSSR count). The molecule has 108 valence electrons. The minimum absolute atomic E-state index is 0.520. The second kappa shape index (κ2) is 5.53. The summed E-state index contributed by atoms with van der Waals surface area (Å²) in [6.07, 6.45) is 0.520. The van der Waals surface area contributed by atoms with Crippen LogP contribution < -0.4 is 5.32 Å². The SMILES string of the molecule is CCNc1nc2cc(C)c(C)cc2n1C(CC)C(=O)O. The van der Waals surface area contributed by atoms with Gasteiger partial charge in [-0.05, 0) is 50.5 Å². The Morgan fingerprint density at radius 1 is 1.35 bits per heavy atom. The van der Waals surface area contributed by atoms with Gasteiger partial charge in [0.1, 0.15) is 6.04 Å². The van der Waals surface area contributed by atoms with E-state index in [0.29, 0.717) is 18.9 Å². The number of hydrogen-bond acceptors (Lipinski definition) is 3. The van der Waals surface area contributed by atoms with Gasteiger partial charge in [0.25, 0.3) is 0 Å². The lowest BCUT2D eigenvalue weighted by Gasteiger charge is -2.16. The Morgan fingerprint density at radius 3 is 2.55 bits per heavy atom. The first-order chi connectivity index (χ1) is 9.49. The Kier molecular flexibility index (Phi) is 3.97. The number of carboxylic acid groups (broad SMARTS) is 1. The molecule has 20 heavy (non-hydrogen) atoms. The van der Waals surface area contributed by atoms with E-state index in [-0.39, 0.29) is 0 Å². The Labute approximate surface area is 118 Å². The average Bonchev–Trinajstić information content (AvgIpc) is 2.70. The molecule has 2 aromatic rings. The molecule has 0 bridgehead atoms. The number of aliphatic carboxylic acids is 1. The summed E-state index contributed by atoms with van der Waals surface area (Å²) in [6.45, 7) is 8.62. The number of carbonyl (C=O) groups is 1. The molecule has 0 aliphatic carbocycles. The smallest absolute Gasteiger partial charge is 0.326 e. The quantitative estimate of drug-likeness (QED) is 0.879. The van der Waals surface area contributed by atoms with Gasteiger partial charge in [-0.25, -0.2) is 9.78 Å². The number of nitrogens with zero attached hydrogens (tertiary/aromatic N) is 2. The number of hydrogen-bond donors (Lipinski definition) is 2. The van der Waals surface area contributed by atoms with Crippen molar-refractivity contribution in [2.75, 3.05) is 11.9 Å². The number of nitrogens with one attached hydrogen (secondary N) is 1. The molecule has 0 fully saturated rings. The van der Waals surface area contributed by atoms with E-state index in [1.54, 1.807) is 4.57 Å². The summed E-state index contributed by atoms with van der Waals surface area (Å²) in [5.41, 5.74) is 4.01. The van der Waals surface area contributed by atoms with Gasteiger partial charge < -0.3 is 10.4 Å². The summed E-state index contributed by atoms with van der Waals surface area (Å²) in [7, 11) is 0. The van der Waals surface area contributed by atoms with Gasteiger partial charge in [-0.1, -0.05) is 6.92 Å². The van der Waals surface area contributed by atoms with Gasteiger partial charge in [0.2, 0.25) is 5.95 Å². The van der Waals surface area contributed by atoms with Gasteiger partial charge in [-0.2, -0.15) is 0 Å². The number of benzene rings is 1. The molecule has 1 unspecified atom stereocenters. The average molecular weight is 275 g/mol. The first-order valence-electron chi connectivity index (χ1n) is 6.95. The lowest BCUT2D eigenvalue weighted by atomic mass is 10.1. The van der Waals surface area contributed by atoms with Crippen molar-refractivity contribution >= 4 is 23.0 Å². The van der Waals surface area contributed by atoms with Gasteiger partial charge in [0, 0.05) is 6.54 Å². The monoisotopic (exact) mass is 275 g/mol. The number of imidazole rings is 1. The highest BCUT2D eigenvalue weighted by molar-refractivity contribution is 5.84. The maximum atomic E-state index is 11.5. The molecule has 0 spiro atoms. The van der Waals surface area contributed by atoms with Crippen molar-refractivity contribution in [3.63, 3.8) is 0 Å². The molecular formula is C15H21N3O2. The van der Waals surface area contributed by atoms with Crippen molar-refractivity contribution in [2.45, 2.75) is 40.2 Å². The molecule has 1 aromatic carbocycles. The van der Waals surface area contributed by atoms with E-state index in [4.69, 9.17) is 0 Å². The molecule has 1 heterocycles. The molecule has 0 aliphatic heterocycles. The van der Waals surface area contributed by atoms with Crippen molar-refractivity contribution in [1.82, 2.24) is 9.55 Å². The van der Waals surface area contributed by atoms with Gasteiger partial charge >= 0.3 is 5.97 Å². The second-order valence-corrected chi connectivity index (χ2v) is 5.02. The zero-order valence-electron chi connectivity index (χ0n) is 12.4. The number of aromatic nitrogens is 2. The summed E-state index contributed by atoms with van der Waals surface area (Å²) >= 11 is 0. The van der Waals surface area contributed by atoms with E-state index in [1.165, 1.54) is 0 Å². The molecule has 5 nitrogen and oxygen atoms in total. The largest absolute Gasteiger partial charge is 0.480 e. The van der Waals surface area contributed by atoms with E-state index < -0.39 is 12.0 Å². The van der Waals surface area contributed by atoms with E-state index in [0.717, 1.165) is 22.2 Å². The topological polar surface area (TPSA) is 67.2 Å². The zero-order chi connectivity index (χ0) is 14.9. The van der Waals surface area contributed by atoms with E-state index >= 15 is 0 Å². The van der Waals surface area contributed by atoms with Crippen molar-refractivity contribution < 1.29 is 9.90 Å². The molecule has 0 radical (unpaired) electrons. The van der Waals surface area contributed by atoms with Crippen LogP contribution in [0.5, 0.6) is 0 Å². The summed E-state index contributed by atoms with van der Waals surface area (Å²) in [5.74, 6) is -0.203. The van der Waals surface area contributed by atoms with Crippen LogP contribution in [-0.2, 0) is 4.79 Å².